The molecule has 126 valence electrons. The van der Waals surface area contributed by atoms with E-state index in [-0.39, 0.29) is 24.8 Å². The summed E-state index contributed by atoms with van der Waals surface area (Å²) in [5.74, 6) is -1.11. The minimum Gasteiger partial charge on any atom is -0.286 e. The van der Waals surface area contributed by atoms with Gasteiger partial charge in [-0.05, 0) is 12.8 Å². The van der Waals surface area contributed by atoms with Crippen LogP contribution < -0.4 is 10.9 Å². The Bertz CT molecular complexity index is 363. The highest BCUT2D eigenvalue weighted by atomic mass is 16.5. The molecule has 0 bridgehead atoms. The quantitative estimate of drug-likeness (QED) is 0.418. The lowest BCUT2D eigenvalue weighted by Gasteiger charge is -2.19. The first-order chi connectivity index (χ1) is 10.6. The predicted molar refractivity (Wildman–Crippen MR) is 80.5 cm³/mol. The molecule has 7 nitrogen and oxygen atoms in total. The molecule has 1 saturated heterocycles. The molecule has 0 spiro atoms. The molecule has 1 heterocycles. The van der Waals surface area contributed by atoms with Crippen LogP contribution in [0.3, 0.4) is 0 Å². The topological polar surface area (TPSA) is 98.7 Å². The van der Waals surface area contributed by atoms with Gasteiger partial charge in [0.05, 0.1) is 12.5 Å². The second-order valence-corrected chi connectivity index (χ2v) is 5.83. The number of amides is 3. The molecule has 0 aliphatic carbocycles. The van der Waals surface area contributed by atoms with Gasteiger partial charge < -0.3 is 0 Å². The fourth-order valence-electron chi connectivity index (χ4n) is 2.61. The Balaban J connectivity index is 2.55. The van der Waals surface area contributed by atoms with E-state index >= 15 is 0 Å². The Kier molecular flexibility index (Phi) is 9.21. The van der Waals surface area contributed by atoms with Crippen LogP contribution in [-0.2, 0) is 14.4 Å². The highest BCUT2D eigenvalue weighted by Gasteiger charge is 2.21. The van der Waals surface area contributed by atoms with E-state index in [1.807, 2.05) is 0 Å². The third kappa shape index (κ3) is 7.97. The molecule has 0 aromatic rings. The zero-order valence-corrected chi connectivity index (χ0v) is 13.1. The normalized spacial score (nSPS) is 22.7. The van der Waals surface area contributed by atoms with Crippen molar-refractivity contribution in [1.29, 1.82) is 0 Å². The van der Waals surface area contributed by atoms with E-state index in [9.17, 15) is 19.6 Å². The average molecular weight is 313 g/mol. The zero-order chi connectivity index (χ0) is 16.2. The third-order valence-electron chi connectivity index (χ3n) is 3.93. The minimum absolute atomic E-state index is 0.0643. The van der Waals surface area contributed by atoms with Crippen LogP contribution in [-0.4, -0.2) is 35.0 Å². The number of hydroxylamine groups is 2. The van der Waals surface area contributed by atoms with Crippen molar-refractivity contribution >= 4 is 18.2 Å². The maximum absolute atomic E-state index is 12.1. The number of rotatable bonds is 3. The lowest BCUT2D eigenvalue weighted by molar-refractivity contribution is -0.155. The lowest BCUT2D eigenvalue weighted by Crippen LogP contribution is -2.46. The van der Waals surface area contributed by atoms with E-state index < -0.39 is 5.92 Å². The van der Waals surface area contributed by atoms with Crippen molar-refractivity contribution in [1.82, 2.24) is 15.9 Å². The van der Waals surface area contributed by atoms with E-state index in [1.54, 1.807) is 0 Å². The van der Waals surface area contributed by atoms with E-state index in [2.05, 4.69) is 10.9 Å². The van der Waals surface area contributed by atoms with Crippen LogP contribution >= 0.6 is 0 Å². The largest absolute Gasteiger partial charge is 0.286 e. The zero-order valence-electron chi connectivity index (χ0n) is 13.1. The van der Waals surface area contributed by atoms with Crippen molar-refractivity contribution in [3.63, 3.8) is 0 Å². The van der Waals surface area contributed by atoms with E-state index in [4.69, 9.17) is 0 Å². The summed E-state index contributed by atoms with van der Waals surface area (Å²) >= 11 is 0. The second-order valence-electron chi connectivity index (χ2n) is 5.83. The van der Waals surface area contributed by atoms with Crippen molar-refractivity contribution in [2.24, 2.45) is 5.92 Å². The van der Waals surface area contributed by atoms with Crippen LogP contribution in [0.25, 0.3) is 0 Å². The molecule has 0 aromatic heterocycles. The van der Waals surface area contributed by atoms with Crippen molar-refractivity contribution in [2.75, 3.05) is 6.54 Å². The van der Waals surface area contributed by atoms with Crippen molar-refractivity contribution < 1.29 is 19.6 Å². The number of carbonyl (C=O) groups is 3. The summed E-state index contributed by atoms with van der Waals surface area (Å²) in [4.78, 5) is 34.2. The van der Waals surface area contributed by atoms with Gasteiger partial charge in [0, 0.05) is 6.42 Å². The van der Waals surface area contributed by atoms with E-state index in [0.717, 1.165) is 38.5 Å². The molecule has 7 heteroatoms. The maximum Gasteiger partial charge on any atom is 0.243 e. The Morgan fingerprint density at radius 1 is 1.00 bits per heavy atom. The molecular formula is C15H27N3O4. The van der Waals surface area contributed by atoms with E-state index in [1.165, 1.54) is 12.8 Å². The number of hydrogen-bond donors (Lipinski definition) is 3. The first-order valence-corrected chi connectivity index (χ1v) is 8.13. The molecule has 0 unspecified atom stereocenters. The van der Waals surface area contributed by atoms with Gasteiger partial charge >= 0.3 is 0 Å². The Hall–Kier alpha value is -1.63. The molecule has 3 N–H and O–H groups in total. The summed E-state index contributed by atoms with van der Waals surface area (Å²) < 4.78 is 0. The molecule has 1 aliphatic heterocycles. The molecule has 1 aliphatic rings. The average Bonchev–Trinajstić information content (AvgIpc) is 2.52. The number of nitrogens with zero attached hydrogens (tertiary/aromatic N) is 1. The summed E-state index contributed by atoms with van der Waals surface area (Å²) in [5, 5.41) is 9.76. The number of carbonyl (C=O) groups excluding carboxylic acids is 3. The molecule has 3 amide bonds. The number of nitrogens with one attached hydrogen (secondary N) is 2. The molecular weight excluding hydrogens is 286 g/mol. The van der Waals surface area contributed by atoms with Gasteiger partial charge in [0.15, 0.2) is 0 Å². The van der Waals surface area contributed by atoms with Gasteiger partial charge in [-0.1, -0.05) is 44.9 Å². The highest BCUT2D eigenvalue weighted by molar-refractivity contribution is 5.83. The molecule has 0 saturated carbocycles. The first-order valence-electron chi connectivity index (χ1n) is 8.13. The summed E-state index contributed by atoms with van der Waals surface area (Å²) in [6.45, 7) is -0.0643. The molecule has 1 rings (SSSR count). The summed E-state index contributed by atoms with van der Waals surface area (Å²) in [6, 6.07) is 0. The van der Waals surface area contributed by atoms with Crippen LogP contribution in [0.2, 0.25) is 0 Å². The van der Waals surface area contributed by atoms with Crippen LogP contribution in [0.4, 0.5) is 0 Å². The van der Waals surface area contributed by atoms with Gasteiger partial charge in [0.25, 0.3) is 0 Å². The molecule has 1 atom stereocenters. The maximum atomic E-state index is 12.1. The van der Waals surface area contributed by atoms with Gasteiger partial charge in [-0.2, -0.15) is 0 Å². The van der Waals surface area contributed by atoms with E-state index in [0.29, 0.717) is 17.9 Å². The Labute approximate surface area is 131 Å². The predicted octanol–water partition coefficient (Wildman–Crippen LogP) is 1.51. The lowest BCUT2D eigenvalue weighted by atomic mass is 9.99. The van der Waals surface area contributed by atoms with Crippen molar-refractivity contribution in [3.8, 4) is 0 Å². The van der Waals surface area contributed by atoms with Gasteiger partial charge in [0.1, 0.15) is 0 Å². The monoisotopic (exact) mass is 313 g/mol. The fraction of sp³-hybridized carbons (Fsp3) is 0.800. The molecule has 1 fully saturated rings. The molecule has 0 aromatic carbocycles. The second kappa shape index (κ2) is 11.0. The van der Waals surface area contributed by atoms with Gasteiger partial charge in [-0.15, -0.1) is 0 Å². The van der Waals surface area contributed by atoms with Crippen LogP contribution in [0.1, 0.15) is 64.2 Å². The minimum atomic E-state index is -0.527. The van der Waals surface area contributed by atoms with Crippen LogP contribution in [0.15, 0.2) is 0 Å². The summed E-state index contributed by atoms with van der Waals surface area (Å²) in [7, 11) is 0. The van der Waals surface area contributed by atoms with Crippen LogP contribution in [0, 0.1) is 5.92 Å². The fourth-order valence-corrected chi connectivity index (χ4v) is 2.61. The van der Waals surface area contributed by atoms with Crippen LogP contribution in [0.5, 0.6) is 0 Å². The third-order valence-corrected chi connectivity index (χ3v) is 3.93. The van der Waals surface area contributed by atoms with Gasteiger partial charge in [-0.25, -0.2) is 5.06 Å². The summed E-state index contributed by atoms with van der Waals surface area (Å²) in [6.07, 6.45) is 9.61. The number of hydrazine groups is 1. The smallest absolute Gasteiger partial charge is 0.243 e. The molecule has 0 radical (unpaired) electrons. The SMILES string of the molecule is O=CN(O)C[C@@H]1CCCCCCCCCCC(=O)NNC1=O. The van der Waals surface area contributed by atoms with Crippen molar-refractivity contribution in [2.45, 2.75) is 64.2 Å². The van der Waals surface area contributed by atoms with Gasteiger partial charge in [0.2, 0.25) is 18.2 Å². The first kappa shape index (κ1) is 18.4. The molecule has 22 heavy (non-hydrogen) atoms. The highest BCUT2D eigenvalue weighted by Crippen LogP contribution is 2.15. The van der Waals surface area contributed by atoms with Crippen molar-refractivity contribution in [3.05, 3.63) is 0 Å². The Morgan fingerprint density at radius 2 is 1.59 bits per heavy atom. The Morgan fingerprint density at radius 3 is 2.23 bits per heavy atom. The summed E-state index contributed by atoms with van der Waals surface area (Å²) in [5.41, 5.74) is 4.79. The van der Waals surface area contributed by atoms with Gasteiger partial charge in [-0.3, -0.25) is 30.4 Å². The number of hydrogen-bond acceptors (Lipinski definition) is 4. The standard InChI is InChI=1S/C15H27N3O4/c19-12-18(22)11-13-9-7-5-3-1-2-4-6-8-10-14(20)16-17-15(13)21/h12-13,22H,1-11H2,(H,16,20)(H,17,21)/t13-/m0/s1.